The van der Waals surface area contributed by atoms with Gasteiger partial charge in [0.15, 0.2) is 0 Å². The van der Waals surface area contributed by atoms with Crippen molar-refractivity contribution < 1.29 is 9.84 Å². The van der Waals surface area contributed by atoms with Crippen LogP contribution in [0.1, 0.15) is 31.7 Å². The van der Waals surface area contributed by atoms with Gasteiger partial charge in [0.2, 0.25) is 0 Å². The second-order valence-electron chi connectivity index (χ2n) is 5.11. The third-order valence-corrected chi connectivity index (χ3v) is 3.25. The molecule has 1 rings (SSSR count). The highest BCUT2D eigenvalue weighted by Gasteiger charge is 2.11. The Balaban J connectivity index is 2.58. The molecule has 0 aromatic heterocycles. The van der Waals surface area contributed by atoms with Gasteiger partial charge in [-0.3, -0.25) is 4.90 Å². The predicted octanol–water partition coefficient (Wildman–Crippen LogP) is 3.23. The maximum absolute atomic E-state index is 10.0. The molecule has 112 valence electrons. The summed E-state index contributed by atoms with van der Waals surface area (Å²) in [6, 6.07) is 8.11. The lowest BCUT2D eigenvalue weighted by atomic mass is 10.1. The van der Waals surface area contributed by atoms with Crippen molar-refractivity contribution in [3.63, 3.8) is 0 Å². The third kappa shape index (κ3) is 6.22. The van der Waals surface area contributed by atoms with Gasteiger partial charge in [-0.2, -0.15) is 0 Å². The number of aliphatic hydroxyl groups is 1. The van der Waals surface area contributed by atoms with Crippen LogP contribution in [0.15, 0.2) is 36.9 Å². The summed E-state index contributed by atoms with van der Waals surface area (Å²) in [7, 11) is 1.68. The van der Waals surface area contributed by atoms with Crippen molar-refractivity contribution in [2.24, 2.45) is 0 Å². The van der Waals surface area contributed by atoms with Gasteiger partial charge in [-0.15, -0.1) is 6.58 Å². The average Bonchev–Trinajstić information content (AvgIpc) is 2.45. The van der Waals surface area contributed by atoms with Crippen LogP contribution < -0.4 is 4.74 Å². The molecule has 1 aromatic rings. The largest absolute Gasteiger partial charge is 0.497 e. The Labute approximate surface area is 122 Å². The van der Waals surface area contributed by atoms with Crippen LogP contribution >= 0.6 is 0 Å². The van der Waals surface area contributed by atoms with E-state index < -0.39 is 0 Å². The van der Waals surface area contributed by atoms with Crippen molar-refractivity contribution in [2.45, 2.75) is 38.8 Å². The monoisotopic (exact) mass is 277 g/mol. The molecule has 0 saturated heterocycles. The van der Waals surface area contributed by atoms with E-state index >= 15 is 0 Å². The van der Waals surface area contributed by atoms with Gasteiger partial charge >= 0.3 is 0 Å². The Hall–Kier alpha value is -1.32. The molecule has 0 aliphatic heterocycles. The number of aliphatic hydroxyl groups excluding tert-OH is 1. The van der Waals surface area contributed by atoms with Crippen LogP contribution in [0, 0.1) is 0 Å². The highest BCUT2D eigenvalue weighted by atomic mass is 16.5. The molecule has 1 N–H and O–H groups in total. The number of nitrogens with zero attached hydrogens (tertiary/aromatic N) is 1. The molecule has 1 atom stereocenters. The van der Waals surface area contributed by atoms with E-state index in [0.717, 1.165) is 38.1 Å². The second kappa shape index (κ2) is 9.56. The minimum Gasteiger partial charge on any atom is -0.497 e. The number of ether oxygens (including phenoxy) is 1. The maximum atomic E-state index is 10.0. The molecule has 1 unspecified atom stereocenters. The molecule has 0 bridgehead atoms. The summed E-state index contributed by atoms with van der Waals surface area (Å²) in [5, 5.41) is 10.0. The fraction of sp³-hybridized carbons (Fsp3) is 0.529. The molecule has 0 radical (unpaired) electrons. The van der Waals surface area contributed by atoms with E-state index in [4.69, 9.17) is 4.74 Å². The van der Waals surface area contributed by atoms with Crippen LogP contribution in [-0.4, -0.2) is 36.3 Å². The minimum atomic E-state index is -0.287. The first kappa shape index (κ1) is 16.7. The average molecular weight is 277 g/mol. The molecule has 1 aromatic carbocycles. The fourth-order valence-electron chi connectivity index (χ4n) is 2.28. The van der Waals surface area contributed by atoms with Gasteiger partial charge in [-0.1, -0.05) is 25.1 Å². The molecule has 0 spiro atoms. The van der Waals surface area contributed by atoms with Gasteiger partial charge < -0.3 is 9.84 Å². The Kier molecular flexibility index (Phi) is 8.00. The third-order valence-electron chi connectivity index (χ3n) is 3.25. The first-order chi connectivity index (χ1) is 9.69. The topological polar surface area (TPSA) is 32.7 Å². The first-order valence-corrected chi connectivity index (χ1v) is 7.33. The van der Waals surface area contributed by atoms with E-state index in [1.165, 1.54) is 5.56 Å². The number of hydrogen-bond acceptors (Lipinski definition) is 3. The van der Waals surface area contributed by atoms with Crippen LogP contribution in [0.3, 0.4) is 0 Å². The Bertz CT molecular complexity index is 392. The Morgan fingerprint density at radius 2 is 2.25 bits per heavy atom. The van der Waals surface area contributed by atoms with Crippen molar-refractivity contribution in [1.29, 1.82) is 0 Å². The molecular weight excluding hydrogens is 250 g/mol. The Morgan fingerprint density at radius 1 is 1.45 bits per heavy atom. The zero-order chi connectivity index (χ0) is 14.8. The van der Waals surface area contributed by atoms with Gasteiger partial charge in [-0.05, 0) is 43.5 Å². The van der Waals surface area contributed by atoms with E-state index in [-0.39, 0.29) is 6.10 Å². The molecule has 0 amide bonds. The molecule has 3 heteroatoms. The first-order valence-electron chi connectivity index (χ1n) is 7.33. The van der Waals surface area contributed by atoms with E-state index in [1.807, 2.05) is 18.2 Å². The lowest BCUT2D eigenvalue weighted by molar-refractivity contribution is 0.102. The van der Waals surface area contributed by atoms with E-state index in [0.29, 0.717) is 6.54 Å². The number of benzene rings is 1. The molecule has 0 aliphatic carbocycles. The van der Waals surface area contributed by atoms with Gasteiger partial charge in [-0.25, -0.2) is 0 Å². The van der Waals surface area contributed by atoms with Crippen LogP contribution in [0.2, 0.25) is 0 Å². The summed E-state index contributed by atoms with van der Waals surface area (Å²) in [4.78, 5) is 2.29. The zero-order valence-electron chi connectivity index (χ0n) is 12.7. The van der Waals surface area contributed by atoms with Crippen molar-refractivity contribution in [1.82, 2.24) is 4.90 Å². The molecule has 0 saturated carbocycles. The second-order valence-corrected chi connectivity index (χ2v) is 5.11. The summed E-state index contributed by atoms with van der Waals surface area (Å²) in [6.07, 6.45) is 4.29. The van der Waals surface area contributed by atoms with Crippen molar-refractivity contribution in [2.75, 3.05) is 20.2 Å². The SMILES string of the molecule is C=CCCC(O)CN(CCC)Cc1cccc(OC)c1. The molecule has 3 nitrogen and oxygen atoms in total. The number of rotatable bonds is 10. The summed E-state index contributed by atoms with van der Waals surface area (Å²) < 4.78 is 5.25. The predicted molar refractivity (Wildman–Crippen MR) is 84.0 cm³/mol. The summed E-state index contributed by atoms with van der Waals surface area (Å²) in [5.74, 6) is 0.881. The van der Waals surface area contributed by atoms with Gasteiger partial charge in [0.05, 0.1) is 13.2 Å². The van der Waals surface area contributed by atoms with Gasteiger partial charge in [0, 0.05) is 13.1 Å². The van der Waals surface area contributed by atoms with Crippen molar-refractivity contribution in [3.05, 3.63) is 42.5 Å². The quantitative estimate of drug-likeness (QED) is 0.666. The van der Waals surface area contributed by atoms with Crippen molar-refractivity contribution >= 4 is 0 Å². The maximum Gasteiger partial charge on any atom is 0.119 e. The minimum absolute atomic E-state index is 0.287. The zero-order valence-corrected chi connectivity index (χ0v) is 12.7. The van der Waals surface area contributed by atoms with Gasteiger partial charge in [0.25, 0.3) is 0 Å². The highest BCUT2D eigenvalue weighted by molar-refractivity contribution is 5.28. The van der Waals surface area contributed by atoms with Gasteiger partial charge in [0.1, 0.15) is 5.75 Å². The van der Waals surface area contributed by atoms with Crippen LogP contribution in [0.5, 0.6) is 5.75 Å². The number of methoxy groups -OCH3 is 1. The molecule has 0 aliphatic rings. The standard InChI is InChI=1S/C17H27NO2/c1-4-6-9-16(19)14-18(11-5-2)13-15-8-7-10-17(12-15)20-3/h4,7-8,10,12,16,19H,1,5-6,9,11,13-14H2,2-3H3. The van der Waals surface area contributed by atoms with Crippen LogP contribution in [-0.2, 0) is 6.54 Å². The highest BCUT2D eigenvalue weighted by Crippen LogP contribution is 2.15. The lowest BCUT2D eigenvalue weighted by Crippen LogP contribution is -2.32. The van der Waals surface area contributed by atoms with E-state index in [2.05, 4.69) is 30.5 Å². The van der Waals surface area contributed by atoms with Crippen LogP contribution in [0.25, 0.3) is 0 Å². The lowest BCUT2D eigenvalue weighted by Gasteiger charge is -2.24. The molecule has 0 heterocycles. The number of hydrogen-bond donors (Lipinski definition) is 1. The normalized spacial score (nSPS) is 12.4. The molecule has 0 fully saturated rings. The fourth-order valence-corrected chi connectivity index (χ4v) is 2.28. The van der Waals surface area contributed by atoms with Crippen molar-refractivity contribution in [3.8, 4) is 5.75 Å². The van der Waals surface area contributed by atoms with E-state index in [1.54, 1.807) is 7.11 Å². The smallest absolute Gasteiger partial charge is 0.119 e. The Morgan fingerprint density at radius 3 is 2.90 bits per heavy atom. The van der Waals surface area contributed by atoms with Crippen LogP contribution in [0.4, 0.5) is 0 Å². The molecular formula is C17H27NO2. The molecule has 20 heavy (non-hydrogen) atoms. The summed E-state index contributed by atoms with van der Waals surface area (Å²) in [5.41, 5.74) is 1.22. The van der Waals surface area contributed by atoms with E-state index in [9.17, 15) is 5.11 Å². The summed E-state index contributed by atoms with van der Waals surface area (Å²) >= 11 is 0. The summed E-state index contributed by atoms with van der Waals surface area (Å²) in [6.45, 7) is 8.40. The number of allylic oxidation sites excluding steroid dienone is 1.